The number of rotatable bonds is 3. The van der Waals surface area contributed by atoms with Crippen LogP contribution in [0.1, 0.15) is 10.4 Å². The van der Waals surface area contributed by atoms with Crippen LogP contribution in [0.2, 0.25) is 0 Å². The van der Waals surface area contributed by atoms with E-state index in [9.17, 15) is 4.79 Å². The van der Waals surface area contributed by atoms with E-state index < -0.39 is 5.97 Å². The van der Waals surface area contributed by atoms with Crippen molar-refractivity contribution in [1.82, 2.24) is 4.37 Å². The van der Waals surface area contributed by atoms with E-state index in [-0.39, 0.29) is 0 Å². The number of fused-ring (bicyclic) bond motifs is 1. The summed E-state index contributed by atoms with van der Waals surface area (Å²) in [6.07, 6.45) is 0. The lowest BCUT2D eigenvalue weighted by Crippen LogP contribution is -1.95. The number of aromatic nitrogens is 1. The summed E-state index contributed by atoms with van der Waals surface area (Å²) in [4.78, 5) is 11.9. The zero-order valence-corrected chi connectivity index (χ0v) is 11.4. The Hall–Kier alpha value is -1.85. The van der Waals surface area contributed by atoms with Crippen LogP contribution in [-0.2, 0) is 0 Å². The van der Waals surface area contributed by atoms with Gasteiger partial charge in [-0.05, 0) is 35.8 Å². The first kappa shape index (κ1) is 12.2. The van der Waals surface area contributed by atoms with Crippen molar-refractivity contribution in [3.05, 3.63) is 54.1 Å². The molecule has 0 spiro atoms. The number of carbonyl (C=O) groups is 1. The monoisotopic (exact) mass is 287 g/mol. The molecule has 0 atom stereocenters. The minimum absolute atomic E-state index is 0.304. The third-order valence-corrected chi connectivity index (χ3v) is 4.68. The highest BCUT2D eigenvalue weighted by Gasteiger charge is 2.09. The van der Waals surface area contributed by atoms with Crippen molar-refractivity contribution >= 4 is 40.2 Å². The lowest BCUT2D eigenvalue weighted by Gasteiger charge is -2.00. The van der Waals surface area contributed by atoms with Crippen LogP contribution in [0, 0.1) is 0 Å². The van der Waals surface area contributed by atoms with Gasteiger partial charge in [-0.15, -0.1) is 0 Å². The average Bonchev–Trinajstić information content (AvgIpc) is 2.83. The number of benzene rings is 2. The molecule has 2 aromatic carbocycles. The van der Waals surface area contributed by atoms with Crippen LogP contribution in [0.5, 0.6) is 0 Å². The molecule has 0 fully saturated rings. The number of carboxylic acid groups (broad SMARTS) is 1. The van der Waals surface area contributed by atoms with E-state index in [2.05, 4.69) is 4.37 Å². The minimum Gasteiger partial charge on any atom is -0.478 e. The van der Waals surface area contributed by atoms with Crippen LogP contribution in [-0.4, -0.2) is 15.4 Å². The molecule has 0 aliphatic rings. The Labute approximate surface area is 118 Å². The molecular formula is C14H9NO2S2. The molecule has 1 N–H and O–H groups in total. The molecule has 0 aliphatic heterocycles. The second kappa shape index (κ2) is 5.03. The van der Waals surface area contributed by atoms with Gasteiger partial charge < -0.3 is 5.11 Å². The quantitative estimate of drug-likeness (QED) is 0.786. The normalized spacial score (nSPS) is 10.7. The summed E-state index contributed by atoms with van der Waals surface area (Å²) in [6, 6.07) is 14.9. The highest BCUT2D eigenvalue weighted by atomic mass is 32.2. The summed E-state index contributed by atoms with van der Waals surface area (Å²) in [7, 11) is 0. The second-order valence-electron chi connectivity index (χ2n) is 3.92. The maximum Gasteiger partial charge on any atom is 0.335 e. The maximum atomic E-state index is 10.9. The van der Waals surface area contributed by atoms with Crippen molar-refractivity contribution in [2.45, 2.75) is 9.10 Å². The summed E-state index contributed by atoms with van der Waals surface area (Å²) in [5.41, 5.74) is 1.28. The van der Waals surface area contributed by atoms with Gasteiger partial charge in [0.15, 0.2) is 0 Å². The van der Waals surface area contributed by atoms with Crippen molar-refractivity contribution in [2.75, 3.05) is 0 Å². The number of aromatic carboxylic acids is 1. The largest absolute Gasteiger partial charge is 0.478 e. The Morgan fingerprint density at radius 3 is 2.84 bits per heavy atom. The van der Waals surface area contributed by atoms with Crippen molar-refractivity contribution in [2.24, 2.45) is 0 Å². The van der Waals surface area contributed by atoms with E-state index in [1.807, 2.05) is 30.3 Å². The summed E-state index contributed by atoms with van der Waals surface area (Å²) < 4.78 is 5.46. The fourth-order valence-corrected chi connectivity index (χ4v) is 3.73. The second-order valence-corrected chi connectivity index (χ2v) is 6.04. The Morgan fingerprint density at radius 1 is 1.16 bits per heavy atom. The van der Waals surface area contributed by atoms with Gasteiger partial charge in [-0.3, -0.25) is 0 Å². The summed E-state index contributed by atoms with van der Waals surface area (Å²) in [5.74, 6) is -0.906. The van der Waals surface area contributed by atoms with Gasteiger partial charge in [0, 0.05) is 10.3 Å². The van der Waals surface area contributed by atoms with E-state index in [0.717, 1.165) is 20.0 Å². The Morgan fingerprint density at radius 2 is 2.00 bits per heavy atom. The Balaban J connectivity index is 1.97. The fraction of sp³-hybridized carbons (Fsp3) is 0. The van der Waals surface area contributed by atoms with Crippen LogP contribution in [0.4, 0.5) is 0 Å². The molecule has 0 unspecified atom stereocenters. The lowest BCUT2D eigenvalue weighted by molar-refractivity contribution is 0.0696. The van der Waals surface area contributed by atoms with Crippen LogP contribution in [0.15, 0.2) is 57.6 Å². The number of carboxylic acids is 1. The van der Waals surface area contributed by atoms with E-state index in [1.165, 1.54) is 11.5 Å². The van der Waals surface area contributed by atoms with Gasteiger partial charge in [0.1, 0.15) is 0 Å². The molecule has 0 radical (unpaired) electrons. The topological polar surface area (TPSA) is 50.2 Å². The molecule has 0 saturated carbocycles. The molecular weight excluding hydrogens is 278 g/mol. The van der Waals surface area contributed by atoms with Gasteiger partial charge >= 0.3 is 5.97 Å². The smallest absolute Gasteiger partial charge is 0.335 e. The fourth-order valence-electron chi connectivity index (χ4n) is 1.74. The summed E-state index contributed by atoms with van der Waals surface area (Å²) in [6.45, 7) is 0. The molecule has 0 aliphatic carbocycles. The van der Waals surface area contributed by atoms with Crippen LogP contribution in [0.25, 0.3) is 10.9 Å². The van der Waals surface area contributed by atoms with Gasteiger partial charge in [0.05, 0.1) is 15.3 Å². The van der Waals surface area contributed by atoms with Crippen LogP contribution < -0.4 is 0 Å². The molecule has 94 valence electrons. The van der Waals surface area contributed by atoms with Crippen molar-refractivity contribution in [3.63, 3.8) is 0 Å². The first-order chi connectivity index (χ1) is 9.24. The molecule has 0 saturated heterocycles. The molecule has 5 heteroatoms. The van der Waals surface area contributed by atoms with Gasteiger partial charge in [-0.1, -0.05) is 36.0 Å². The molecule has 0 bridgehead atoms. The van der Waals surface area contributed by atoms with Gasteiger partial charge in [-0.2, -0.15) is 4.37 Å². The van der Waals surface area contributed by atoms with E-state index in [0.29, 0.717) is 5.56 Å². The maximum absolute atomic E-state index is 10.9. The minimum atomic E-state index is -0.906. The van der Waals surface area contributed by atoms with E-state index in [4.69, 9.17) is 5.11 Å². The Kier molecular flexibility index (Phi) is 3.23. The zero-order chi connectivity index (χ0) is 13.2. The SMILES string of the molecule is O=C(O)c1cccc(Sc2snc3ccccc23)c1. The molecule has 3 aromatic rings. The van der Waals surface area contributed by atoms with Crippen LogP contribution in [0.3, 0.4) is 0 Å². The Bertz CT molecular complexity index is 752. The third-order valence-electron chi connectivity index (χ3n) is 2.64. The highest BCUT2D eigenvalue weighted by Crippen LogP contribution is 2.36. The molecule has 19 heavy (non-hydrogen) atoms. The third kappa shape index (κ3) is 2.47. The standard InChI is InChI=1S/C14H9NO2S2/c16-13(17)9-4-3-5-10(8-9)18-14-11-6-1-2-7-12(11)15-19-14/h1-8H,(H,16,17). The van der Waals surface area contributed by atoms with E-state index >= 15 is 0 Å². The zero-order valence-electron chi connectivity index (χ0n) is 9.74. The van der Waals surface area contributed by atoms with Gasteiger partial charge in [0.2, 0.25) is 0 Å². The molecule has 1 heterocycles. The average molecular weight is 287 g/mol. The predicted octanol–water partition coefficient (Wildman–Crippen LogP) is 4.15. The molecule has 1 aromatic heterocycles. The predicted molar refractivity (Wildman–Crippen MR) is 77.1 cm³/mol. The summed E-state index contributed by atoms with van der Waals surface area (Å²) >= 11 is 2.99. The molecule has 0 amide bonds. The summed E-state index contributed by atoms with van der Waals surface area (Å²) in [5, 5.41) is 10.1. The van der Waals surface area contributed by atoms with Gasteiger partial charge in [-0.25, -0.2) is 4.79 Å². The molecule has 3 rings (SSSR count). The van der Waals surface area contributed by atoms with Crippen molar-refractivity contribution in [1.29, 1.82) is 0 Å². The van der Waals surface area contributed by atoms with Crippen molar-refractivity contribution in [3.8, 4) is 0 Å². The first-order valence-electron chi connectivity index (χ1n) is 5.60. The van der Waals surface area contributed by atoms with Crippen LogP contribution >= 0.6 is 23.3 Å². The number of nitrogens with zero attached hydrogens (tertiary/aromatic N) is 1. The van der Waals surface area contributed by atoms with Gasteiger partial charge in [0.25, 0.3) is 0 Å². The van der Waals surface area contributed by atoms with Crippen molar-refractivity contribution < 1.29 is 9.90 Å². The first-order valence-corrected chi connectivity index (χ1v) is 7.18. The number of hydrogen-bond donors (Lipinski definition) is 1. The van der Waals surface area contributed by atoms with E-state index in [1.54, 1.807) is 30.0 Å². The highest BCUT2D eigenvalue weighted by molar-refractivity contribution is 8.01. The number of hydrogen-bond acceptors (Lipinski definition) is 4. The lowest BCUT2D eigenvalue weighted by atomic mass is 10.2. The molecule has 3 nitrogen and oxygen atoms in total.